The number of fused-ring (bicyclic) bond motifs is 1. The van der Waals surface area contributed by atoms with Crippen molar-refractivity contribution in [2.75, 3.05) is 5.73 Å². The lowest BCUT2D eigenvalue weighted by Gasteiger charge is -2.09. The van der Waals surface area contributed by atoms with Crippen LogP contribution in [0.1, 0.15) is 31.1 Å². The van der Waals surface area contributed by atoms with E-state index in [1.54, 1.807) is 0 Å². The molecule has 2 aromatic heterocycles. The molecule has 5 heteroatoms. The first kappa shape index (κ1) is 9.89. The van der Waals surface area contributed by atoms with Gasteiger partial charge in [0.1, 0.15) is 0 Å². The summed E-state index contributed by atoms with van der Waals surface area (Å²) in [5.74, 6) is 0.458. The summed E-state index contributed by atoms with van der Waals surface area (Å²) in [6.07, 6.45) is 0. The monoisotopic (exact) mass is 205 g/mol. The van der Waals surface area contributed by atoms with Crippen LogP contribution < -0.4 is 5.73 Å². The molecule has 0 aliphatic carbocycles. The Balaban J connectivity index is 2.89. The van der Waals surface area contributed by atoms with E-state index in [1.165, 1.54) is 0 Å². The van der Waals surface area contributed by atoms with Crippen LogP contribution in [-0.2, 0) is 0 Å². The Bertz CT molecular complexity index is 512. The van der Waals surface area contributed by atoms with Crippen molar-refractivity contribution in [2.24, 2.45) is 0 Å². The van der Waals surface area contributed by atoms with Gasteiger partial charge in [0.15, 0.2) is 11.3 Å². The molecule has 0 amide bonds. The summed E-state index contributed by atoms with van der Waals surface area (Å²) in [6, 6.07) is 0.273. The molecule has 2 N–H and O–H groups in total. The molecule has 0 unspecified atom stereocenters. The van der Waals surface area contributed by atoms with Gasteiger partial charge in [-0.2, -0.15) is 0 Å². The molecule has 2 heterocycles. The van der Waals surface area contributed by atoms with E-state index >= 15 is 0 Å². The van der Waals surface area contributed by atoms with Gasteiger partial charge in [-0.3, -0.25) is 0 Å². The third-order valence-corrected chi connectivity index (χ3v) is 2.61. The molecule has 0 saturated carbocycles. The lowest BCUT2D eigenvalue weighted by molar-refractivity contribution is 0.529. The Kier molecular flexibility index (Phi) is 2.10. The molecule has 0 spiro atoms. The second kappa shape index (κ2) is 3.18. The second-order valence-corrected chi connectivity index (χ2v) is 4.03. The first-order chi connectivity index (χ1) is 7.02. The number of pyridine rings is 1. The molecule has 0 saturated heterocycles. The molecule has 15 heavy (non-hydrogen) atoms. The highest BCUT2D eigenvalue weighted by Gasteiger charge is 2.15. The van der Waals surface area contributed by atoms with Gasteiger partial charge < -0.3 is 5.73 Å². The van der Waals surface area contributed by atoms with E-state index in [9.17, 15) is 0 Å². The van der Waals surface area contributed by atoms with Crippen LogP contribution in [0.5, 0.6) is 0 Å². The fourth-order valence-corrected chi connectivity index (χ4v) is 1.67. The van der Waals surface area contributed by atoms with E-state index in [4.69, 9.17) is 5.73 Å². The fraction of sp³-hybridized carbons (Fsp3) is 0.500. The van der Waals surface area contributed by atoms with Crippen molar-refractivity contribution < 1.29 is 0 Å². The Morgan fingerprint density at radius 1 is 1.27 bits per heavy atom. The summed E-state index contributed by atoms with van der Waals surface area (Å²) in [5.41, 5.74) is 9.54. The molecular formula is C10H15N5. The van der Waals surface area contributed by atoms with E-state index in [0.717, 1.165) is 16.8 Å². The minimum atomic E-state index is 0.273. The van der Waals surface area contributed by atoms with Gasteiger partial charge in [0, 0.05) is 11.7 Å². The van der Waals surface area contributed by atoms with Crippen LogP contribution in [0.4, 0.5) is 5.82 Å². The normalized spacial score (nSPS) is 11.5. The van der Waals surface area contributed by atoms with Crippen LogP contribution in [0.25, 0.3) is 11.0 Å². The number of nitrogens with two attached hydrogens (primary N) is 1. The minimum Gasteiger partial charge on any atom is -0.382 e. The number of aryl methyl sites for hydroxylation is 2. The van der Waals surface area contributed by atoms with Crippen LogP contribution in [-0.4, -0.2) is 20.0 Å². The molecule has 0 fully saturated rings. The predicted octanol–water partition coefficient (Wildman–Crippen LogP) is 1.61. The SMILES string of the molecule is Cc1nc(N)c2nnn(C(C)C)c2c1C. The zero-order chi connectivity index (χ0) is 11.2. The van der Waals surface area contributed by atoms with Crippen molar-refractivity contribution in [1.29, 1.82) is 0 Å². The minimum absolute atomic E-state index is 0.273. The Labute approximate surface area is 88.3 Å². The van der Waals surface area contributed by atoms with Crippen LogP contribution >= 0.6 is 0 Å². The molecule has 2 aromatic rings. The average molecular weight is 205 g/mol. The maximum Gasteiger partial charge on any atom is 0.155 e. The summed E-state index contributed by atoms with van der Waals surface area (Å²) in [4.78, 5) is 4.24. The third kappa shape index (κ3) is 1.35. The van der Waals surface area contributed by atoms with E-state index in [0.29, 0.717) is 11.3 Å². The zero-order valence-corrected chi connectivity index (χ0v) is 9.44. The van der Waals surface area contributed by atoms with Crippen LogP contribution in [0.15, 0.2) is 0 Å². The van der Waals surface area contributed by atoms with Crippen LogP contribution in [0, 0.1) is 13.8 Å². The number of rotatable bonds is 1. The first-order valence-electron chi connectivity index (χ1n) is 5.00. The molecular weight excluding hydrogens is 190 g/mol. The largest absolute Gasteiger partial charge is 0.382 e. The molecule has 0 aliphatic heterocycles. The van der Waals surface area contributed by atoms with Gasteiger partial charge in [0.2, 0.25) is 0 Å². The molecule has 2 rings (SSSR count). The fourth-order valence-electron chi connectivity index (χ4n) is 1.67. The highest BCUT2D eigenvalue weighted by Crippen LogP contribution is 2.24. The third-order valence-electron chi connectivity index (χ3n) is 2.61. The number of aromatic nitrogens is 4. The summed E-state index contributed by atoms with van der Waals surface area (Å²) in [7, 11) is 0. The zero-order valence-electron chi connectivity index (χ0n) is 9.44. The first-order valence-corrected chi connectivity index (χ1v) is 5.00. The maximum atomic E-state index is 5.81. The smallest absolute Gasteiger partial charge is 0.155 e. The summed E-state index contributed by atoms with van der Waals surface area (Å²) in [6.45, 7) is 8.11. The second-order valence-electron chi connectivity index (χ2n) is 4.03. The van der Waals surface area contributed by atoms with Gasteiger partial charge >= 0.3 is 0 Å². The van der Waals surface area contributed by atoms with Crippen LogP contribution in [0.3, 0.4) is 0 Å². The van der Waals surface area contributed by atoms with Crippen molar-refractivity contribution in [3.8, 4) is 0 Å². The highest BCUT2D eigenvalue weighted by atomic mass is 15.4. The molecule has 5 nitrogen and oxygen atoms in total. The predicted molar refractivity (Wildman–Crippen MR) is 59.6 cm³/mol. The van der Waals surface area contributed by atoms with Crippen molar-refractivity contribution in [1.82, 2.24) is 20.0 Å². The number of hydrogen-bond acceptors (Lipinski definition) is 4. The molecule has 80 valence electrons. The van der Waals surface area contributed by atoms with Crippen molar-refractivity contribution in [3.63, 3.8) is 0 Å². The Morgan fingerprint density at radius 3 is 2.53 bits per heavy atom. The lowest BCUT2D eigenvalue weighted by atomic mass is 10.2. The number of nitrogens with zero attached hydrogens (tertiary/aromatic N) is 4. The highest BCUT2D eigenvalue weighted by molar-refractivity contribution is 5.87. The van der Waals surface area contributed by atoms with E-state index < -0.39 is 0 Å². The van der Waals surface area contributed by atoms with Gasteiger partial charge in [-0.25, -0.2) is 9.67 Å². The van der Waals surface area contributed by atoms with Crippen LogP contribution in [0.2, 0.25) is 0 Å². The van der Waals surface area contributed by atoms with E-state index in [-0.39, 0.29) is 6.04 Å². The number of anilines is 1. The quantitative estimate of drug-likeness (QED) is 0.767. The number of hydrogen-bond donors (Lipinski definition) is 1. The summed E-state index contributed by atoms with van der Waals surface area (Å²) < 4.78 is 1.88. The van der Waals surface area contributed by atoms with Gasteiger partial charge in [0.05, 0.1) is 5.52 Å². The maximum absolute atomic E-state index is 5.81. The van der Waals surface area contributed by atoms with Crippen molar-refractivity contribution in [3.05, 3.63) is 11.3 Å². The Morgan fingerprint density at radius 2 is 1.93 bits per heavy atom. The van der Waals surface area contributed by atoms with E-state index in [1.807, 2.05) is 18.5 Å². The number of nitrogen functional groups attached to an aromatic ring is 1. The van der Waals surface area contributed by atoms with Gasteiger partial charge in [-0.05, 0) is 33.3 Å². The molecule has 0 bridgehead atoms. The van der Waals surface area contributed by atoms with E-state index in [2.05, 4.69) is 29.1 Å². The Hall–Kier alpha value is -1.65. The van der Waals surface area contributed by atoms with Gasteiger partial charge in [-0.15, -0.1) is 5.10 Å². The van der Waals surface area contributed by atoms with Crippen molar-refractivity contribution >= 4 is 16.9 Å². The lowest BCUT2D eigenvalue weighted by Crippen LogP contribution is -2.05. The average Bonchev–Trinajstić information content (AvgIpc) is 2.58. The molecule has 0 atom stereocenters. The van der Waals surface area contributed by atoms with Gasteiger partial charge in [-0.1, -0.05) is 5.21 Å². The molecule has 0 aromatic carbocycles. The van der Waals surface area contributed by atoms with Gasteiger partial charge in [0.25, 0.3) is 0 Å². The summed E-state index contributed by atoms with van der Waals surface area (Å²) >= 11 is 0. The summed E-state index contributed by atoms with van der Waals surface area (Å²) in [5, 5.41) is 8.17. The topological polar surface area (TPSA) is 69.6 Å². The van der Waals surface area contributed by atoms with Crippen molar-refractivity contribution in [2.45, 2.75) is 33.7 Å². The molecule has 0 aliphatic rings. The molecule has 0 radical (unpaired) electrons. The standard InChI is InChI=1S/C10H15N5/c1-5(2)15-9-6(3)7(4)12-10(11)8(9)13-14-15/h5H,1-4H3,(H2,11,12).